The largest absolute Gasteiger partial charge is 0.383 e. The fraction of sp³-hybridized carbons (Fsp3) is 0.350. The van der Waals surface area contributed by atoms with E-state index < -0.39 is 0 Å². The van der Waals surface area contributed by atoms with Crippen LogP contribution < -0.4 is 11.1 Å². The minimum absolute atomic E-state index is 0.214. The zero-order valence-corrected chi connectivity index (χ0v) is 15.4. The van der Waals surface area contributed by atoms with Crippen molar-refractivity contribution in [1.29, 1.82) is 0 Å². The zero-order valence-electron chi connectivity index (χ0n) is 15.4. The number of aryl methyl sites for hydroxylation is 1. The molecular weight excluding hydrogens is 340 g/mol. The predicted octanol–water partition coefficient (Wildman–Crippen LogP) is 1.84. The van der Waals surface area contributed by atoms with Gasteiger partial charge in [0.25, 0.3) is 5.91 Å². The van der Waals surface area contributed by atoms with Crippen LogP contribution in [0.2, 0.25) is 0 Å². The number of amides is 1. The Morgan fingerprint density at radius 1 is 1.33 bits per heavy atom. The van der Waals surface area contributed by atoms with Crippen LogP contribution in [-0.4, -0.2) is 51.6 Å². The molecule has 3 aromatic rings. The molecule has 4 rings (SSSR count). The Morgan fingerprint density at radius 2 is 2.15 bits per heavy atom. The Labute approximate surface area is 158 Å². The zero-order chi connectivity index (χ0) is 18.8. The van der Waals surface area contributed by atoms with Crippen molar-refractivity contribution in [2.45, 2.75) is 19.3 Å². The van der Waals surface area contributed by atoms with Crippen molar-refractivity contribution in [3.63, 3.8) is 0 Å². The first-order valence-corrected chi connectivity index (χ1v) is 9.28. The summed E-state index contributed by atoms with van der Waals surface area (Å²) < 4.78 is 1.51. The number of aromatic nitrogens is 3. The van der Waals surface area contributed by atoms with Gasteiger partial charge in [-0.15, -0.1) is 0 Å². The minimum Gasteiger partial charge on any atom is -0.383 e. The van der Waals surface area contributed by atoms with Crippen LogP contribution in [0.15, 0.2) is 42.6 Å². The molecule has 0 saturated carbocycles. The molecule has 0 unspecified atom stereocenters. The molecule has 0 radical (unpaired) electrons. The van der Waals surface area contributed by atoms with Gasteiger partial charge >= 0.3 is 0 Å². The molecule has 140 valence electrons. The number of carbonyl (C=O) groups is 1. The number of nitrogens with two attached hydrogens (primary N) is 1. The van der Waals surface area contributed by atoms with E-state index in [2.05, 4.69) is 44.6 Å². The molecule has 27 heavy (non-hydrogen) atoms. The van der Waals surface area contributed by atoms with Crippen LogP contribution >= 0.6 is 0 Å². The third-order valence-electron chi connectivity index (χ3n) is 5.14. The van der Waals surface area contributed by atoms with Gasteiger partial charge in [-0.3, -0.25) is 4.79 Å². The van der Waals surface area contributed by atoms with Crippen molar-refractivity contribution in [1.82, 2.24) is 24.8 Å². The highest BCUT2D eigenvalue weighted by Gasteiger charge is 2.23. The quantitative estimate of drug-likeness (QED) is 0.721. The third kappa shape index (κ3) is 3.64. The van der Waals surface area contributed by atoms with E-state index in [0.717, 1.165) is 31.7 Å². The Bertz CT molecular complexity index is 952. The number of likely N-dealkylation sites (tertiary alicyclic amines) is 1. The summed E-state index contributed by atoms with van der Waals surface area (Å²) in [7, 11) is 0. The molecule has 1 amide bonds. The number of hydrogen-bond donors (Lipinski definition) is 2. The van der Waals surface area contributed by atoms with Crippen LogP contribution in [0.3, 0.4) is 0 Å². The molecule has 3 N–H and O–H groups in total. The lowest BCUT2D eigenvalue weighted by molar-refractivity contribution is 0.0950. The minimum atomic E-state index is -0.214. The van der Waals surface area contributed by atoms with E-state index in [1.807, 2.05) is 19.1 Å². The Hall–Kier alpha value is -2.93. The summed E-state index contributed by atoms with van der Waals surface area (Å²) >= 11 is 0. The average molecular weight is 364 g/mol. The van der Waals surface area contributed by atoms with E-state index in [4.69, 9.17) is 5.73 Å². The van der Waals surface area contributed by atoms with Gasteiger partial charge < -0.3 is 16.0 Å². The molecule has 3 heterocycles. The lowest BCUT2D eigenvalue weighted by Gasteiger charge is -2.16. The molecule has 2 aromatic heterocycles. The summed E-state index contributed by atoms with van der Waals surface area (Å²) in [5, 5.41) is 7.23. The van der Waals surface area contributed by atoms with E-state index >= 15 is 0 Å². The molecule has 0 bridgehead atoms. The normalized spacial score (nSPS) is 17.4. The van der Waals surface area contributed by atoms with Crippen LogP contribution in [0.25, 0.3) is 5.65 Å². The first kappa shape index (κ1) is 17.5. The van der Waals surface area contributed by atoms with Gasteiger partial charge in [-0.25, -0.2) is 4.98 Å². The monoisotopic (exact) mass is 364 g/mol. The first-order chi connectivity index (χ1) is 13.1. The van der Waals surface area contributed by atoms with Crippen LogP contribution in [0, 0.1) is 6.92 Å². The van der Waals surface area contributed by atoms with Gasteiger partial charge in [-0.1, -0.05) is 30.3 Å². The van der Waals surface area contributed by atoms with Crippen molar-refractivity contribution in [3.05, 3.63) is 59.4 Å². The number of benzene rings is 1. The van der Waals surface area contributed by atoms with Crippen molar-refractivity contribution >= 4 is 17.4 Å². The summed E-state index contributed by atoms with van der Waals surface area (Å²) in [5.41, 5.74) is 9.31. The number of nitrogen functional groups attached to an aromatic ring is 1. The van der Waals surface area contributed by atoms with Gasteiger partial charge in [0, 0.05) is 31.9 Å². The van der Waals surface area contributed by atoms with Gasteiger partial charge in [0.1, 0.15) is 5.82 Å². The second-order valence-corrected chi connectivity index (χ2v) is 7.07. The number of hydrogen-bond acceptors (Lipinski definition) is 5. The molecular formula is C20H24N6O. The smallest absolute Gasteiger partial charge is 0.256 e. The lowest BCUT2D eigenvalue weighted by Crippen LogP contribution is -2.34. The first-order valence-electron chi connectivity index (χ1n) is 9.28. The van der Waals surface area contributed by atoms with Gasteiger partial charge in [-0.05, 0) is 31.4 Å². The van der Waals surface area contributed by atoms with E-state index in [0.29, 0.717) is 29.5 Å². The van der Waals surface area contributed by atoms with Crippen LogP contribution in [-0.2, 0) is 0 Å². The Balaban J connectivity index is 1.32. The maximum Gasteiger partial charge on any atom is 0.256 e. The molecule has 1 saturated heterocycles. The number of nitrogens with zero attached hydrogens (tertiary/aromatic N) is 4. The molecule has 1 atom stereocenters. The highest BCUT2D eigenvalue weighted by molar-refractivity contribution is 5.98. The third-order valence-corrected chi connectivity index (χ3v) is 5.14. The number of anilines is 1. The SMILES string of the molecule is Cc1cc2ncc(C(=O)NCCN3CC[C@H](c4ccccc4)C3)c(N)n2n1. The van der Waals surface area contributed by atoms with E-state index in [1.165, 1.54) is 16.3 Å². The van der Waals surface area contributed by atoms with Crippen LogP contribution in [0.4, 0.5) is 5.82 Å². The van der Waals surface area contributed by atoms with Crippen molar-refractivity contribution in [2.24, 2.45) is 0 Å². The summed E-state index contributed by atoms with van der Waals surface area (Å²) in [6.45, 7) is 5.36. The molecule has 1 aromatic carbocycles. The second-order valence-electron chi connectivity index (χ2n) is 7.07. The predicted molar refractivity (Wildman–Crippen MR) is 105 cm³/mol. The van der Waals surface area contributed by atoms with Gasteiger partial charge in [0.15, 0.2) is 5.65 Å². The fourth-order valence-corrected chi connectivity index (χ4v) is 3.70. The van der Waals surface area contributed by atoms with Gasteiger partial charge in [-0.2, -0.15) is 9.61 Å². The highest BCUT2D eigenvalue weighted by Crippen LogP contribution is 2.26. The number of fused-ring (bicyclic) bond motifs is 1. The summed E-state index contributed by atoms with van der Waals surface area (Å²) in [6, 6.07) is 12.4. The molecule has 1 aliphatic rings. The topological polar surface area (TPSA) is 88.5 Å². The molecule has 7 heteroatoms. The van der Waals surface area contributed by atoms with Crippen LogP contribution in [0.1, 0.15) is 34.0 Å². The molecule has 1 fully saturated rings. The highest BCUT2D eigenvalue weighted by atomic mass is 16.1. The standard InChI is InChI=1S/C20H24N6O/c1-14-11-18-23-12-17(19(21)26(18)24-14)20(27)22-8-10-25-9-7-16(13-25)15-5-3-2-4-6-15/h2-6,11-12,16H,7-10,13,21H2,1H3,(H,22,27)/t16-/m0/s1. The molecule has 1 aliphatic heterocycles. The van der Waals surface area contributed by atoms with E-state index in [9.17, 15) is 4.79 Å². The second kappa shape index (κ2) is 7.36. The number of nitrogens with one attached hydrogen (secondary N) is 1. The molecule has 0 spiro atoms. The summed E-state index contributed by atoms with van der Waals surface area (Å²) in [6.07, 6.45) is 2.67. The van der Waals surface area contributed by atoms with Gasteiger partial charge in [0.05, 0.1) is 11.3 Å². The van der Waals surface area contributed by atoms with Crippen LogP contribution in [0.5, 0.6) is 0 Å². The van der Waals surface area contributed by atoms with Crippen molar-refractivity contribution < 1.29 is 4.79 Å². The lowest BCUT2D eigenvalue weighted by atomic mass is 9.99. The van der Waals surface area contributed by atoms with Crippen molar-refractivity contribution in [3.8, 4) is 0 Å². The molecule has 7 nitrogen and oxygen atoms in total. The molecule has 0 aliphatic carbocycles. The summed E-state index contributed by atoms with van der Waals surface area (Å²) in [5.74, 6) is 0.678. The maximum atomic E-state index is 12.5. The number of rotatable bonds is 5. The Kier molecular flexibility index (Phi) is 4.77. The van der Waals surface area contributed by atoms with E-state index in [1.54, 1.807) is 0 Å². The fourth-order valence-electron chi connectivity index (χ4n) is 3.70. The maximum absolute atomic E-state index is 12.5. The summed E-state index contributed by atoms with van der Waals surface area (Å²) in [4.78, 5) is 19.1. The number of carbonyl (C=O) groups excluding carboxylic acids is 1. The van der Waals surface area contributed by atoms with E-state index in [-0.39, 0.29) is 5.91 Å². The average Bonchev–Trinajstić information content (AvgIpc) is 3.29. The Morgan fingerprint density at radius 3 is 2.96 bits per heavy atom. The van der Waals surface area contributed by atoms with Gasteiger partial charge in [0.2, 0.25) is 0 Å². The van der Waals surface area contributed by atoms with Crippen molar-refractivity contribution in [2.75, 3.05) is 31.9 Å².